The molecular weight excluding hydrogens is 345 g/mol. The van der Waals surface area contributed by atoms with E-state index in [2.05, 4.69) is 11.6 Å². The number of carbonyl (C=O) groups excluding carboxylic acids is 2. The SMILES string of the molecule is C=CC(=O)N1CC=C(c2c(F)cc(CC(N)=O)c3[nH]c4ccccc4c23)C1. The first-order chi connectivity index (χ1) is 13.0. The molecule has 1 aromatic heterocycles. The van der Waals surface area contributed by atoms with Gasteiger partial charge in [0, 0.05) is 34.9 Å². The number of nitrogens with one attached hydrogen (secondary N) is 1. The first-order valence-corrected chi connectivity index (χ1v) is 8.60. The summed E-state index contributed by atoms with van der Waals surface area (Å²) in [5.41, 5.74) is 8.61. The van der Waals surface area contributed by atoms with Crippen LogP contribution in [-0.4, -0.2) is 34.8 Å². The Morgan fingerprint density at radius 3 is 2.85 bits per heavy atom. The van der Waals surface area contributed by atoms with Gasteiger partial charge in [0.05, 0.1) is 11.9 Å². The minimum Gasteiger partial charge on any atom is -0.369 e. The van der Waals surface area contributed by atoms with Crippen LogP contribution in [-0.2, 0) is 16.0 Å². The number of H-pyrrole nitrogens is 1. The molecule has 4 rings (SSSR count). The van der Waals surface area contributed by atoms with Gasteiger partial charge in [0.1, 0.15) is 5.82 Å². The number of carbonyl (C=O) groups is 2. The van der Waals surface area contributed by atoms with Gasteiger partial charge in [0.25, 0.3) is 0 Å². The number of nitrogens with zero attached hydrogens (tertiary/aromatic N) is 1. The zero-order chi connectivity index (χ0) is 19.1. The highest BCUT2D eigenvalue weighted by Crippen LogP contribution is 2.37. The molecule has 5 nitrogen and oxygen atoms in total. The van der Waals surface area contributed by atoms with Crippen LogP contribution in [0.3, 0.4) is 0 Å². The monoisotopic (exact) mass is 363 g/mol. The molecule has 0 unspecified atom stereocenters. The van der Waals surface area contributed by atoms with Crippen molar-refractivity contribution in [2.45, 2.75) is 6.42 Å². The van der Waals surface area contributed by atoms with E-state index >= 15 is 4.39 Å². The van der Waals surface area contributed by atoms with E-state index in [0.717, 1.165) is 16.5 Å². The summed E-state index contributed by atoms with van der Waals surface area (Å²) in [6.07, 6.45) is 3.06. The van der Waals surface area contributed by atoms with Crippen molar-refractivity contribution in [3.63, 3.8) is 0 Å². The number of benzene rings is 2. The van der Waals surface area contributed by atoms with E-state index in [0.29, 0.717) is 35.1 Å². The Labute approximate surface area is 154 Å². The molecule has 0 radical (unpaired) electrons. The summed E-state index contributed by atoms with van der Waals surface area (Å²) in [4.78, 5) is 28.2. The molecule has 0 atom stereocenters. The molecule has 3 N–H and O–H groups in total. The summed E-state index contributed by atoms with van der Waals surface area (Å²) in [6, 6.07) is 8.95. The van der Waals surface area contributed by atoms with E-state index in [9.17, 15) is 9.59 Å². The van der Waals surface area contributed by atoms with Crippen molar-refractivity contribution >= 4 is 39.2 Å². The topological polar surface area (TPSA) is 79.2 Å². The summed E-state index contributed by atoms with van der Waals surface area (Å²) in [5.74, 6) is -1.14. The zero-order valence-corrected chi connectivity index (χ0v) is 14.6. The van der Waals surface area contributed by atoms with Gasteiger partial charge in [-0.2, -0.15) is 0 Å². The smallest absolute Gasteiger partial charge is 0.246 e. The standard InChI is InChI=1S/C21H18FN3O2/c1-2-18(27)25-8-7-12(11-25)19-15(22)9-13(10-17(23)26)21-20(19)14-5-3-4-6-16(14)24-21/h2-7,9,24H,1,8,10-11H2,(H2,23,26). The van der Waals surface area contributed by atoms with Crippen LogP contribution in [0.4, 0.5) is 4.39 Å². The molecule has 0 saturated heterocycles. The lowest BCUT2D eigenvalue weighted by atomic mass is 9.95. The average Bonchev–Trinajstić information content (AvgIpc) is 3.26. The highest BCUT2D eigenvalue weighted by Gasteiger charge is 2.25. The molecule has 6 heteroatoms. The maximum atomic E-state index is 15.2. The van der Waals surface area contributed by atoms with Gasteiger partial charge < -0.3 is 15.6 Å². The van der Waals surface area contributed by atoms with E-state index in [1.807, 2.05) is 30.3 Å². The molecule has 3 aromatic rings. The molecule has 0 fully saturated rings. The van der Waals surface area contributed by atoms with Crippen LogP contribution >= 0.6 is 0 Å². The maximum absolute atomic E-state index is 15.2. The number of rotatable bonds is 4. The quantitative estimate of drug-likeness (QED) is 0.699. The van der Waals surface area contributed by atoms with Gasteiger partial charge in [-0.05, 0) is 29.3 Å². The maximum Gasteiger partial charge on any atom is 0.246 e. The highest BCUT2D eigenvalue weighted by atomic mass is 19.1. The third kappa shape index (κ3) is 2.79. The first-order valence-electron chi connectivity index (χ1n) is 8.60. The van der Waals surface area contributed by atoms with Gasteiger partial charge in [-0.1, -0.05) is 30.9 Å². The van der Waals surface area contributed by atoms with Crippen LogP contribution in [0.5, 0.6) is 0 Å². The van der Waals surface area contributed by atoms with E-state index in [4.69, 9.17) is 5.73 Å². The molecule has 2 aromatic carbocycles. The van der Waals surface area contributed by atoms with Crippen molar-refractivity contribution in [1.82, 2.24) is 9.88 Å². The fourth-order valence-electron chi connectivity index (χ4n) is 3.73. The third-order valence-electron chi connectivity index (χ3n) is 4.91. The number of fused-ring (bicyclic) bond motifs is 3. The molecule has 1 aliphatic heterocycles. The molecule has 2 heterocycles. The van der Waals surface area contributed by atoms with E-state index in [1.165, 1.54) is 12.1 Å². The Morgan fingerprint density at radius 2 is 2.11 bits per heavy atom. The van der Waals surface area contributed by atoms with Gasteiger partial charge in [-0.25, -0.2) is 4.39 Å². The van der Waals surface area contributed by atoms with Crippen molar-refractivity contribution in [3.05, 3.63) is 66.0 Å². The lowest BCUT2D eigenvalue weighted by Gasteiger charge is -2.15. The second-order valence-electron chi connectivity index (χ2n) is 6.61. The van der Waals surface area contributed by atoms with Gasteiger partial charge >= 0.3 is 0 Å². The molecule has 0 bridgehead atoms. The Morgan fingerprint density at radius 1 is 1.33 bits per heavy atom. The Balaban J connectivity index is 1.96. The third-order valence-corrected chi connectivity index (χ3v) is 4.91. The number of nitrogens with two attached hydrogens (primary N) is 1. The molecule has 136 valence electrons. The Kier molecular flexibility index (Phi) is 4.03. The number of hydrogen-bond acceptors (Lipinski definition) is 2. The average molecular weight is 363 g/mol. The molecule has 27 heavy (non-hydrogen) atoms. The van der Waals surface area contributed by atoms with Crippen molar-refractivity contribution in [3.8, 4) is 0 Å². The van der Waals surface area contributed by atoms with Crippen molar-refractivity contribution in [1.29, 1.82) is 0 Å². The van der Waals surface area contributed by atoms with Crippen LogP contribution in [0, 0.1) is 5.82 Å². The van der Waals surface area contributed by atoms with E-state index in [1.54, 1.807) is 4.90 Å². The minimum absolute atomic E-state index is 0.0549. The van der Waals surface area contributed by atoms with Crippen molar-refractivity contribution in [2.75, 3.05) is 13.1 Å². The molecule has 1 aliphatic rings. The summed E-state index contributed by atoms with van der Waals surface area (Å²) in [5, 5.41) is 1.57. The normalized spacial score (nSPS) is 14.0. The molecule has 0 spiro atoms. The number of amides is 2. The first kappa shape index (κ1) is 17.0. The van der Waals surface area contributed by atoms with Crippen molar-refractivity contribution in [2.24, 2.45) is 5.73 Å². The molecular formula is C21H18FN3O2. The predicted octanol–water partition coefficient (Wildman–Crippen LogP) is 2.90. The lowest BCUT2D eigenvalue weighted by molar-refractivity contribution is -0.124. The lowest BCUT2D eigenvalue weighted by Crippen LogP contribution is -2.26. The number of para-hydroxylation sites is 1. The largest absolute Gasteiger partial charge is 0.369 e. The zero-order valence-electron chi connectivity index (χ0n) is 14.6. The molecule has 0 saturated carbocycles. The fraction of sp³-hybridized carbons (Fsp3) is 0.143. The predicted molar refractivity (Wildman–Crippen MR) is 103 cm³/mol. The number of primary amides is 1. The van der Waals surface area contributed by atoms with Gasteiger partial charge in [-0.15, -0.1) is 0 Å². The Bertz CT molecular complexity index is 1140. The second-order valence-corrected chi connectivity index (χ2v) is 6.61. The van der Waals surface area contributed by atoms with Crippen molar-refractivity contribution < 1.29 is 14.0 Å². The van der Waals surface area contributed by atoms with Crippen LogP contribution in [0.15, 0.2) is 49.1 Å². The number of aromatic amines is 1. The molecule has 2 amide bonds. The summed E-state index contributed by atoms with van der Waals surface area (Å²) < 4.78 is 15.2. The summed E-state index contributed by atoms with van der Waals surface area (Å²) in [7, 11) is 0. The van der Waals surface area contributed by atoms with E-state index in [-0.39, 0.29) is 12.3 Å². The molecule has 0 aliphatic carbocycles. The van der Waals surface area contributed by atoms with E-state index < -0.39 is 11.7 Å². The minimum atomic E-state index is -0.523. The summed E-state index contributed by atoms with van der Waals surface area (Å²) in [6.45, 7) is 4.23. The van der Waals surface area contributed by atoms with Gasteiger partial charge in [0.15, 0.2) is 0 Å². The number of aromatic nitrogens is 1. The summed E-state index contributed by atoms with van der Waals surface area (Å²) >= 11 is 0. The second kappa shape index (κ2) is 6.39. The Hall–Kier alpha value is -3.41. The van der Waals surface area contributed by atoms with Crippen LogP contribution in [0.25, 0.3) is 27.4 Å². The number of hydrogen-bond donors (Lipinski definition) is 2. The van der Waals surface area contributed by atoms with Crippen LogP contribution in [0.2, 0.25) is 0 Å². The van der Waals surface area contributed by atoms with Gasteiger partial charge in [0.2, 0.25) is 11.8 Å². The fourth-order valence-corrected chi connectivity index (χ4v) is 3.73. The highest BCUT2D eigenvalue weighted by molar-refractivity contribution is 6.14. The van der Waals surface area contributed by atoms with Crippen LogP contribution < -0.4 is 5.73 Å². The number of halogens is 1. The van der Waals surface area contributed by atoms with Gasteiger partial charge in [-0.3, -0.25) is 9.59 Å². The van der Waals surface area contributed by atoms with Crippen LogP contribution in [0.1, 0.15) is 11.1 Å².